The zero-order valence-corrected chi connectivity index (χ0v) is 8.97. The molecule has 6 heteroatoms. The van der Waals surface area contributed by atoms with Gasteiger partial charge in [-0.2, -0.15) is 13.2 Å². The van der Waals surface area contributed by atoms with Crippen molar-refractivity contribution in [2.45, 2.75) is 6.18 Å². The number of anilines is 1. The molecule has 0 saturated heterocycles. The van der Waals surface area contributed by atoms with Gasteiger partial charge in [-0.25, -0.2) is 0 Å². The molecule has 0 aliphatic carbocycles. The molecule has 1 aromatic carbocycles. The summed E-state index contributed by atoms with van der Waals surface area (Å²) in [5.41, 5.74) is -1.20. The molecule has 1 amide bonds. The van der Waals surface area contributed by atoms with Crippen LogP contribution in [0.3, 0.4) is 0 Å². The molecule has 0 aromatic heterocycles. The van der Waals surface area contributed by atoms with E-state index in [-0.39, 0.29) is 5.69 Å². The molecule has 0 bridgehead atoms. The van der Waals surface area contributed by atoms with Gasteiger partial charge in [-0.1, -0.05) is 6.58 Å². The standard InChI is InChI=1S/C11H10F3NO2/c1-7(11(12,13)14)10(16)15-8-3-5-9(17-2)6-4-8/h3-6H,1H2,2H3,(H,15,16). The lowest BCUT2D eigenvalue weighted by Crippen LogP contribution is -2.24. The minimum atomic E-state index is -4.73. The second-order valence-corrected chi connectivity index (χ2v) is 3.16. The second-order valence-electron chi connectivity index (χ2n) is 3.16. The van der Waals surface area contributed by atoms with Crippen molar-refractivity contribution in [2.24, 2.45) is 0 Å². The highest BCUT2D eigenvalue weighted by Gasteiger charge is 2.36. The molecule has 0 atom stereocenters. The summed E-state index contributed by atoms with van der Waals surface area (Å²) in [5, 5.41) is 2.09. The summed E-state index contributed by atoms with van der Waals surface area (Å²) in [4.78, 5) is 11.2. The van der Waals surface area contributed by atoms with Gasteiger partial charge in [0, 0.05) is 5.69 Å². The Morgan fingerprint density at radius 1 is 1.29 bits per heavy atom. The minimum absolute atomic E-state index is 0.237. The van der Waals surface area contributed by atoms with Crippen LogP contribution in [0, 0.1) is 0 Å². The van der Waals surface area contributed by atoms with Gasteiger partial charge in [-0.05, 0) is 24.3 Å². The Morgan fingerprint density at radius 3 is 2.24 bits per heavy atom. The summed E-state index contributed by atoms with van der Waals surface area (Å²) in [7, 11) is 1.46. The Bertz CT molecular complexity index is 423. The molecule has 0 unspecified atom stereocenters. The van der Waals surface area contributed by atoms with Crippen LogP contribution in [0.15, 0.2) is 36.4 Å². The summed E-state index contributed by atoms with van der Waals surface area (Å²) in [6.45, 7) is 2.69. The molecule has 1 rings (SSSR count). The molecule has 0 spiro atoms. The molecule has 0 saturated carbocycles. The van der Waals surface area contributed by atoms with Crippen molar-refractivity contribution in [3.63, 3.8) is 0 Å². The molecule has 0 fully saturated rings. The Hall–Kier alpha value is -1.98. The average molecular weight is 245 g/mol. The van der Waals surface area contributed by atoms with E-state index >= 15 is 0 Å². The van der Waals surface area contributed by atoms with E-state index in [1.54, 1.807) is 0 Å². The number of carbonyl (C=O) groups is 1. The van der Waals surface area contributed by atoms with Crippen LogP contribution >= 0.6 is 0 Å². The van der Waals surface area contributed by atoms with Crippen LogP contribution in [0.1, 0.15) is 0 Å². The third-order valence-corrected chi connectivity index (χ3v) is 1.96. The predicted octanol–water partition coefficient (Wildman–Crippen LogP) is 2.75. The number of hydrogen-bond donors (Lipinski definition) is 1. The summed E-state index contributed by atoms with van der Waals surface area (Å²) < 4.78 is 41.3. The van der Waals surface area contributed by atoms with Gasteiger partial charge >= 0.3 is 6.18 Å². The maximum atomic E-state index is 12.1. The van der Waals surface area contributed by atoms with Gasteiger partial charge in [0.15, 0.2) is 0 Å². The van der Waals surface area contributed by atoms with E-state index in [2.05, 4.69) is 11.9 Å². The molecule has 0 aliphatic rings. The van der Waals surface area contributed by atoms with Crippen LogP contribution in [0.4, 0.5) is 18.9 Å². The SMILES string of the molecule is C=C(C(=O)Nc1ccc(OC)cc1)C(F)(F)F. The summed E-state index contributed by atoms with van der Waals surface area (Å²) >= 11 is 0. The van der Waals surface area contributed by atoms with Crippen LogP contribution in [-0.4, -0.2) is 19.2 Å². The number of nitrogens with one attached hydrogen (secondary N) is 1. The Kier molecular flexibility index (Phi) is 3.77. The van der Waals surface area contributed by atoms with Gasteiger partial charge in [0.25, 0.3) is 5.91 Å². The maximum absolute atomic E-state index is 12.1. The Labute approximate surface area is 95.9 Å². The normalized spacial score (nSPS) is 10.8. The van der Waals surface area contributed by atoms with E-state index in [0.29, 0.717) is 5.75 Å². The van der Waals surface area contributed by atoms with E-state index in [9.17, 15) is 18.0 Å². The third-order valence-electron chi connectivity index (χ3n) is 1.96. The van der Waals surface area contributed by atoms with Gasteiger partial charge in [-0.3, -0.25) is 4.79 Å². The van der Waals surface area contributed by atoms with E-state index < -0.39 is 17.7 Å². The Balaban J connectivity index is 2.71. The average Bonchev–Trinajstić information content (AvgIpc) is 2.27. The zero-order valence-electron chi connectivity index (χ0n) is 8.97. The van der Waals surface area contributed by atoms with Crippen LogP contribution in [-0.2, 0) is 4.79 Å². The fourth-order valence-electron chi connectivity index (χ4n) is 1.01. The first kappa shape index (κ1) is 13.1. The highest BCUT2D eigenvalue weighted by molar-refractivity contribution is 6.04. The fraction of sp³-hybridized carbons (Fsp3) is 0.182. The van der Waals surface area contributed by atoms with Crippen LogP contribution in [0.25, 0.3) is 0 Å². The molecule has 1 aromatic rings. The molecule has 0 heterocycles. The van der Waals surface area contributed by atoms with Gasteiger partial charge in [0.1, 0.15) is 11.3 Å². The number of rotatable bonds is 3. The number of carbonyl (C=O) groups excluding carboxylic acids is 1. The highest BCUT2D eigenvalue weighted by Crippen LogP contribution is 2.25. The number of hydrogen-bond acceptors (Lipinski definition) is 2. The predicted molar refractivity (Wildman–Crippen MR) is 56.8 cm³/mol. The number of amides is 1. The smallest absolute Gasteiger partial charge is 0.421 e. The number of ether oxygens (including phenoxy) is 1. The van der Waals surface area contributed by atoms with E-state index in [0.717, 1.165) is 0 Å². The van der Waals surface area contributed by atoms with Crippen LogP contribution in [0.2, 0.25) is 0 Å². The van der Waals surface area contributed by atoms with Crippen molar-refractivity contribution >= 4 is 11.6 Å². The molecule has 0 radical (unpaired) electrons. The zero-order chi connectivity index (χ0) is 13.1. The summed E-state index contributed by atoms with van der Waals surface area (Å²) in [6.07, 6.45) is -4.73. The molecule has 92 valence electrons. The molecule has 1 N–H and O–H groups in total. The second kappa shape index (κ2) is 4.90. The fourth-order valence-corrected chi connectivity index (χ4v) is 1.01. The van der Waals surface area contributed by atoms with Gasteiger partial charge in [0.2, 0.25) is 0 Å². The van der Waals surface area contributed by atoms with Gasteiger partial charge in [-0.15, -0.1) is 0 Å². The quantitative estimate of drug-likeness (QED) is 0.831. The first-order valence-corrected chi connectivity index (χ1v) is 4.56. The number of alkyl halides is 3. The van der Waals surface area contributed by atoms with E-state index in [1.165, 1.54) is 31.4 Å². The number of benzene rings is 1. The van der Waals surface area contributed by atoms with Crippen LogP contribution in [0.5, 0.6) is 5.75 Å². The van der Waals surface area contributed by atoms with Crippen molar-refractivity contribution in [1.82, 2.24) is 0 Å². The van der Waals surface area contributed by atoms with Crippen molar-refractivity contribution in [3.05, 3.63) is 36.4 Å². The van der Waals surface area contributed by atoms with Crippen molar-refractivity contribution in [1.29, 1.82) is 0 Å². The molecule has 17 heavy (non-hydrogen) atoms. The summed E-state index contributed by atoms with van der Waals surface area (Å²) in [6, 6.07) is 5.90. The highest BCUT2D eigenvalue weighted by atomic mass is 19.4. The van der Waals surface area contributed by atoms with Crippen LogP contribution < -0.4 is 10.1 Å². The number of halogens is 3. The number of methoxy groups -OCH3 is 1. The van der Waals surface area contributed by atoms with E-state index in [4.69, 9.17) is 4.74 Å². The van der Waals surface area contributed by atoms with E-state index in [1.807, 2.05) is 0 Å². The maximum Gasteiger partial charge on any atom is 0.421 e. The van der Waals surface area contributed by atoms with Crippen molar-refractivity contribution < 1.29 is 22.7 Å². The lowest BCUT2D eigenvalue weighted by Gasteiger charge is -2.10. The largest absolute Gasteiger partial charge is 0.497 e. The first-order chi connectivity index (χ1) is 7.84. The minimum Gasteiger partial charge on any atom is -0.497 e. The molecule has 0 aliphatic heterocycles. The molecule has 3 nitrogen and oxygen atoms in total. The Morgan fingerprint density at radius 2 is 1.82 bits per heavy atom. The lowest BCUT2D eigenvalue weighted by molar-refractivity contribution is -0.126. The van der Waals surface area contributed by atoms with Gasteiger partial charge < -0.3 is 10.1 Å². The molecular weight excluding hydrogens is 235 g/mol. The van der Waals surface area contributed by atoms with Gasteiger partial charge in [0.05, 0.1) is 7.11 Å². The third kappa shape index (κ3) is 3.51. The first-order valence-electron chi connectivity index (χ1n) is 4.56. The topological polar surface area (TPSA) is 38.3 Å². The van der Waals surface area contributed by atoms with Crippen molar-refractivity contribution in [3.8, 4) is 5.75 Å². The molecular formula is C11H10F3NO2. The summed E-state index contributed by atoms with van der Waals surface area (Å²) in [5.74, 6) is -0.736. The van der Waals surface area contributed by atoms with Crippen molar-refractivity contribution in [2.75, 3.05) is 12.4 Å². The lowest BCUT2D eigenvalue weighted by atomic mass is 10.2. The monoisotopic (exact) mass is 245 g/mol.